The predicted molar refractivity (Wildman–Crippen MR) is 106 cm³/mol. The zero-order chi connectivity index (χ0) is 19.8. The molecule has 7 nitrogen and oxygen atoms in total. The van der Waals surface area contributed by atoms with Gasteiger partial charge in [0.15, 0.2) is 5.65 Å². The lowest BCUT2D eigenvalue weighted by Crippen LogP contribution is -2.31. The van der Waals surface area contributed by atoms with Gasteiger partial charge in [-0.1, -0.05) is 23.7 Å². The van der Waals surface area contributed by atoms with Gasteiger partial charge in [0.25, 0.3) is 5.91 Å². The van der Waals surface area contributed by atoms with Crippen LogP contribution < -0.4 is 5.32 Å². The number of halogens is 1. The van der Waals surface area contributed by atoms with E-state index >= 15 is 0 Å². The molecule has 1 atom stereocenters. The third-order valence-electron chi connectivity index (χ3n) is 4.62. The Bertz CT molecular complexity index is 1160. The first kappa shape index (κ1) is 18.2. The smallest absolute Gasteiger partial charge is 0.257 e. The lowest BCUT2D eigenvalue weighted by Gasteiger charge is -2.19. The minimum atomic E-state index is -0.439. The number of hydrogen-bond donors (Lipinski definition) is 1. The highest BCUT2D eigenvalue weighted by Gasteiger charge is 2.24. The van der Waals surface area contributed by atoms with Gasteiger partial charge in [0.1, 0.15) is 17.4 Å². The molecule has 142 valence electrons. The van der Waals surface area contributed by atoms with Crippen LogP contribution in [-0.2, 0) is 7.05 Å². The average Bonchev–Trinajstić information content (AvgIpc) is 3.27. The molecule has 4 rings (SSSR count). The molecule has 0 aliphatic carbocycles. The standard InChI is InChI=1S/C20H19ClN6O/c1-12-10-13(2)27-18(24-12)16(11-23-27)20(28)25-17(19-22-8-9-26(19)3)14-4-6-15(21)7-5-14/h4-11,17H,1-3H3,(H,25,28). The van der Waals surface area contributed by atoms with E-state index in [0.29, 0.717) is 22.1 Å². The number of carbonyl (C=O) groups excluding carboxylic acids is 1. The van der Waals surface area contributed by atoms with E-state index in [1.54, 1.807) is 29.0 Å². The lowest BCUT2D eigenvalue weighted by molar-refractivity contribution is 0.0942. The van der Waals surface area contributed by atoms with Crippen molar-refractivity contribution in [1.82, 2.24) is 29.5 Å². The number of rotatable bonds is 4. The minimum absolute atomic E-state index is 0.268. The average molecular weight is 395 g/mol. The van der Waals surface area contributed by atoms with Crippen molar-refractivity contribution >= 4 is 23.2 Å². The summed E-state index contributed by atoms with van der Waals surface area (Å²) in [5.41, 5.74) is 3.58. The van der Waals surface area contributed by atoms with Crippen molar-refractivity contribution in [3.05, 3.63) is 82.3 Å². The molecule has 1 N–H and O–H groups in total. The van der Waals surface area contributed by atoms with Crippen LogP contribution in [0.1, 0.15) is 39.2 Å². The van der Waals surface area contributed by atoms with Crippen molar-refractivity contribution in [2.75, 3.05) is 0 Å². The van der Waals surface area contributed by atoms with E-state index in [1.807, 2.05) is 49.9 Å². The maximum Gasteiger partial charge on any atom is 0.257 e. The van der Waals surface area contributed by atoms with Crippen LogP contribution in [0.4, 0.5) is 0 Å². The van der Waals surface area contributed by atoms with E-state index in [2.05, 4.69) is 20.4 Å². The van der Waals surface area contributed by atoms with E-state index in [-0.39, 0.29) is 5.91 Å². The summed E-state index contributed by atoms with van der Waals surface area (Å²) in [6.07, 6.45) is 5.09. The quantitative estimate of drug-likeness (QED) is 0.576. The maximum absolute atomic E-state index is 13.1. The van der Waals surface area contributed by atoms with Crippen LogP contribution in [0.15, 0.2) is 48.9 Å². The summed E-state index contributed by atoms with van der Waals surface area (Å²) in [6, 6.07) is 8.83. The molecule has 0 bridgehead atoms. The van der Waals surface area contributed by atoms with Crippen molar-refractivity contribution in [3.8, 4) is 0 Å². The Labute approximate surface area is 167 Å². The number of benzene rings is 1. The van der Waals surface area contributed by atoms with E-state index in [1.165, 1.54) is 0 Å². The molecule has 0 saturated carbocycles. The predicted octanol–water partition coefficient (Wildman–Crippen LogP) is 3.25. The Morgan fingerprint density at radius 2 is 1.96 bits per heavy atom. The molecule has 0 spiro atoms. The van der Waals surface area contributed by atoms with Gasteiger partial charge in [0, 0.05) is 35.9 Å². The third kappa shape index (κ3) is 3.25. The van der Waals surface area contributed by atoms with Gasteiger partial charge >= 0.3 is 0 Å². The number of nitrogens with zero attached hydrogens (tertiary/aromatic N) is 5. The number of aryl methyl sites for hydroxylation is 3. The Balaban J connectivity index is 1.74. The largest absolute Gasteiger partial charge is 0.338 e. The number of carbonyl (C=O) groups is 1. The monoisotopic (exact) mass is 394 g/mol. The van der Waals surface area contributed by atoms with Crippen LogP contribution in [0.5, 0.6) is 0 Å². The van der Waals surface area contributed by atoms with Crippen molar-refractivity contribution in [2.24, 2.45) is 7.05 Å². The fraction of sp³-hybridized carbons (Fsp3) is 0.200. The summed E-state index contributed by atoms with van der Waals surface area (Å²) in [6.45, 7) is 3.83. The summed E-state index contributed by atoms with van der Waals surface area (Å²) in [7, 11) is 1.89. The van der Waals surface area contributed by atoms with Gasteiger partial charge in [0.05, 0.1) is 6.20 Å². The van der Waals surface area contributed by atoms with Gasteiger partial charge in [-0.25, -0.2) is 14.5 Å². The van der Waals surface area contributed by atoms with Gasteiger partial charge < -0.3 is 9.88 Å². The summed E-state index contributed by atoms with van der Waals surface area (Å²) in [5.74, 6) is 0.447. The van der Waals surface area contributed by atoms with Crippen LogP contribution in [-0.4, -0.2) is 30.1 Å². The molecule has 0 aliphatic heterocycles. The third-order valence-corrected chi connectivity index (χ3v) is 4.87. The Morgan fingerprint density at radius 1 is 1.21 bits per heavy atom. The number of hydrogen-bond acceptors (Lipinski definition) is 4. The molecule has 0 saturated heterocycles. The first-order valence-electron chi connectivity index (χ1n) is 8.79. The lowest BCUT2D eigenvalue weighted by atomic mass is 10.1. The van der Waals surface area contributed by atoms with Gasteiger partial charge in [-0.2, -0.15) is 5.10 Å². The highest BCUT2D eigenvalue weighted by atomic mass is 35.5. The second kappa shape index (κ2) is 7.09. The van der Waals surface area contributed by atoms with Crippen LogP contribution in [0.2, 0.25) is 5.02 Å². The molecule has 1 unspecified atom stereocenters. The van der Waals surface area contributed by atoms with Crippen LogP contribution in [0.3, 0.4) is 0 Å². The molecule has 1 amide bonds. The van der Waals surface area contributed by atoms with Crippen molar-refractivity contribution in [3.63, 3.8) is 0 Å². The second-order valence-corrected chi connectivity index (χ2v) is 7.12. The number of imidazole rings is 1. The second-order valence-electron chi connectivity index (χ2n) is 6.69. The molecule has 3 aromatic heterocycles. The van der Waals surface area contributed by atoms with Crippen LogP contribution >= 0.6 is 11.6 Å². The fourth-order valence-electron chi connectivity index (χ4n) is 3.25. The van der Waals surface area contributed by atoms with Crippen LogP contribution in [0, 0.1) is 13.8 Å². The molecular weight excluding hydrogens is 376 g/mol. The minimum Gasteiger partial charge on any atom is -0.338 e. The molecular formula is C20H19ClN6O. The zero-order valence-corrected chi connectivity index (χ0v) is 16.5. The Hall–Kier alpha value is -3.19. The van der Waals surface area contributed by atoms with E-state index < -0.39 is 6.04 Å². The topological polar surface area (TPSA) is 77.1 Å². The maximum atomic E-state index is 13.1. The van der Waals surface area contributed by atoms with E-state index in [9.17, 15) is 4.79 Å². The zero-order valence-electron chi connectivity index (χ0n) is 15.7. The summed E-state index contributed by atoms with van der Waals surface area (Å²) >= 11 is 6.03. The van der Waals surface area contributed by atoms with Crippen molar-refractivity contribution in [2.45, 2.75) is 19.9 Å². The van der Waals surface area contributed by atoms with E-state index in [0.717, 1.165) is 17.0 Å². The number of aromatic nitrogens is 5. The Morgan fingerprint density at radius 3 is 2.64 bits per heavy atom. The molecule has 4 aromatic rings. The van der Waals surface area contributed by atoms with E-state index in [4.69, 9.17) is 11.6 Å². The molecule has 28 heavy (non-hydrogen) atoms. The van der Waals surface area contributed by atoms with Crippen molar-refractivity contribution in [1.29, 1.82) is 0 Å². The van der Waals surface area contributed by atoms with Crippen LogP contribution in [0.25, 0.3) is 5.65 Å². The summed E-state index contributed by atoms with van der Waals surface area (Å²) in [4.78, 5) is 22.0. The fourth-order valence-corrected chi connectivity index (χ4v) is 3.37. The van der Waals surface area contributed by atoms with Gasteiger partial charge in [-0.3, -0.25) is 4.79 Å². The highest BCUT2D eigenvalue weighted by molar-refractivity contribution is 6.30. The molecule has 0 aliphatic rings. The normalized spacial score (nSPS) is 12.3. The number of nitrogens with one attached hydrogen (secondary N) is 1. The van der Waals surface area contributed by atoms with Crippen molar-refractivity contribution < 1.29 is 4.79 Å². The first-order valence-corrected chi connectivity index (χ1v) is 9.17. The molecule has 3 heterocycles. The Kier molecular flexibility index (Phi) is 4.60. The van der Waals surface area contributed by atoms with Gasteiger partial charge in [-0.05, 0) is 37.6 Å². The highest BCUT2D eigenvalue weighted by Crippen LogP contribution is 2.23. The SMILES string of the molecule is Cc1cc(C)n2ncc(C(=O)NC(c3ccc(Cl)cc3)c3nccn3C)c2n1. The molecule has 8 heteroatoms. The van der Waals surface area contributed by atoms with Gasteiger partial charge in [0.2, 0.25) is 0 Å². The number of amides is 1. The molecule has 0 fully saturated rings. The summed E-state index contributed by atoms with van der Waals surface area (Å²) in [5, 5.41) is 8.01. The number of fused-ring (bicyclic) bond motifs is 1. The van der Waals surface area contributed by atoms with Gasteiger partial charge in [-0.15, -0.1) is 0 Å². The summed E-state index contributed by atoms with van der Waals surface area (Å²) < 4.78 is 3.54. The first-order chi connectivity index (χ1) is 13.4. The molecule has 0 radical (unpaired) electrons. The molecule has 1 aromatic carbocycles.